The van der Waals surface area contributed by atoms with Gasteiger partial charge in [0, 0.05) is 25.2 Å². The topological polar surface area (TPSA) is 92.5 Å². The molecule has 1 aromatic carbocycles. The van der Waals surface area contributed by atoms with E-state index in [4.69, 9.17) is 16.1 Å². The number of nitrogens with zero attached hydrogens (tertiary/aromatic N) is 2. The second-order valence-corrected chi connectivity index (χ2v) is 9.15. The number of hydrogen-bond donors (Lipinski definition) is 1. The van der Waals surface area contributed by atoms with Gasteiger partial charge in [-0.05, 0) is 31.7 Å². The molecule has 0 saturated carbocycles. The summed E-state index contributed by atoms with van der Waals surface area (Å²) in [6, 6.07) is 7.15. The Hall–Kier alpha value is -1.90. The SMILES string of the molecule is Cc1onc(-c2ccccc2Cl)c1C(=O)NCC1CCN(S(C)(=O)=O)CC1. The minimum Gasteiger partial charge on any atom is -0.360 e. The number of amides is 1. The average molecular weight is 412 g/mol. The summed E-state index contributed by atoms with van der Waals surface area (Å²) in [5.74, 6) is 0.388. The summed E-state index contributed by atoms with van der Waals surface area (Å²) >= 11 is 6.23. The van der Waals surface area contributed by atoms with Gasteiger partial charge in [-0.25, -0.2) is 12.7 Å². The summed E-state index contributed by atoms with van der Waals surface area (Å²) in [5.41, 5.74) is 1.43. The molecule has 1 N–H and O–H groups in total. The average Bonchev–Trinajstić information content (AvgIpc) is 3.01. The fourth-order valence-corrected chi connectivity index (χ4v) is 4.35. The number of hydrogen-bond acceptors (Lipinski definition) is 5. The number of sulfonamides is 1. The molecule has 1 aliphatic heterocycles. The number of nitrogens with one attached hydrogen (secondary N) is 1. The molecule has 1 aromatic heterocycles. The first kappa shape index (κ1) is 19.9. The Balaban J connectivity index is 1.66. The Labute approximate surface area is 163 Å². The van der Waals surface area contributed by atoms with E-state index in [2.05, 4.69) is 10.5 Å². The van der Waals surface area contributed by atoms with Crippen molar-refractivity contribution in [3.8, 4) is 11.3 Å². The minimum atomic E-state index is -3.15. The van der Waals surface area contributed by atoms with Crippen LogP contribution in [0.15, 0.2) is 28.8 Å². The summed E-state index contributed by atoms with van der Waals surface area (Å²) in [6.07, 6.45) is 2.65. The first-order valence-corrected chi connectivity index (χ1v) is 10.9. The summed E-state index contributed by atoms with van der Waals surface area (Å²) in [4.78, 5) is 12.7. The highest BCUT2D eigenvalue weighted by Gasteiger charge is 2.27. The van der Waals surface area contributed by atoms with Crippen LogP contribution in [0.1, 0.15) is 29.0 Å². The molecular weight excluding hydrogens is 390 g/mol. The van der Waals surface area contributed by atoms with Gasteiger partial charge in [0.1, 0.15) is 17.0 Å². The van der Waals surface area contributed by atoms with Crippen molar-refractivity contribution in [1.29, 1.82) is 0 Å². The lowest BCUT2D eigenvalue weighted by atomic mass is 9.98. The zero-order valence-electron chi connectivity index (χ0n) is 15.2. The molecule has 1 amide bonds. The Morgan fingerprint density at radius 1 is 1.33 bits per heavy atom. The van der Waals surface area contributed by atoms with E-state index in [1.165, 1.54) is 10.6 Å². The van der Waals surface area contributed by atoms with Gasteiger partial charge in [0.05, 0.1) is 11.3 Å². The van der Waals surface area contributed by atoms with Crippen LogP contribution in [0.5, 0.6) is 0 Å². The Morgan fingerprint density at radius 2 is 2.00 bits per heavy atom. The van der Waals surface area contributed by atoms with Crippen molar-refractivity contribution in [2.75, 3.05) is 25.9 Å². The second-order valence-electron chi connectivity index (χ2n) is 6.76. The molecule has 1 saturated heterocycles. The van der Waals surface area contributed by atoms with E-state index in [-0.39, 0.29) is 11.8 Å². The molecule has 1 aliphatic rings. The third-order valence-electron chi connectivity index (χ3n) is 4.81. The highest BCUT2D eigenvalue weighted by Crippen LogP contribution is 2.31. The molecule has 0 atom stereocenters. The third kappa shape index (κ3) is 4.51. The van der Waals surface area contributed by atoms with E-state index >= 15 is 0 Å². The number of halogens is 1. The lowest BCUT2D eigenvalue weighted by molar-refractivity contribution is 0.0940. The Morgan fingerprint density at radius 3 is 2.63 bits per heavy atom. The van der Waals surface area contributed by atoms with E-state index in [1.807, 2.05) is 6.07 Å². The molecule has 0 bridgehead atoms. The van der Waals surface area contributed by atoms with Gasteiger partial charge >= 0.3 is 0 Å². The predicted molar refractivity (Wildman–Crippen MR) is 103 cm³/mol. The van der Waals surface area contributed by atoms with Crippen LogP contribution >= 0.6 is 11.6 Å². The quantitative estimate of drug-likeness (QED) is 0.816. The maximum Gasteiger partial charge on any atom is 0.257 e. The number of aromatic nitrogens is 1. The van der Waals surface area contributed by atoms with Crippen LogP contribution in [0.4, 0.5) is 0 Å². The smallest absolute Gasteiger partial charge is 0.257 e. The Bertz CT molecular complexity index is 934. The maximum absolute atomic E-state index is 12.7. The van der Waals surface area contributed by atoms with Crippen LogP contribution in [-0.2, 0) is 10.0 Å². The number of rotatable bonds is 5. The van der Waals surface area contributed by atoms with Gasteiger partial charge in [0.2, 0.25) is 10.0 Å². The monoisotopic (exact) mass is 411 g/mol. The molecule has 2 aromatic rings. The summed E-state index contributed by atoms with van der Waals surface area (Å²) in [6.45, 7) is 3.13. The van der Waals surface area contributed by atoms with Gasteiger partial charge in [0.15, 0.2) is 0 Å². The number of aryl methyl sites for hydroxylation is 1. The molecule has 9 heteroatoms. The van der Waals surface area contributed by atoms with Gasteiger partial charge in [-0.2, -0.15) is 0 Å². The molecule has 2 heterocycles. The Kier molecular flexibility index (Phi) is 5.88. The second kappa shape index (κ2) is 8.00. The van der Waals surface area contributed by atoms with Crippen LogP contribution in [0, 0.1) is 12.8 Å². The lowest BCUT2D eigenvalue weighted by Gasteiger charge is -2.30. The minimum absolute atomic E-state index is 0.232. The number of carbonyl (C=O) groups is 1. The largest absolute Gasteiger partial charge is 0.360 e. The maximum atomic E-state index is 12.7. The third-order valence-corrected chi connectivity index (χ3v) is 6.45. The standard InChI is InChI=1S/C18H22ClN3O4S/c1-12-16(17(21-26-12)14-5-3-4-6-15(14)19)18(23)20-11-13-7-9-22(10-8-13)27(2,24)25/h3-6,13H,7-11H2,1-2H3,(H,20,23). The van der Waals surface area contributed by atoms with Crippen LogP contribution in [0.25, 0.3) is 11.3 Å². The highest BCUT2D eigenvalue weighted by molar-refractivity contribution is 7.88. The molecular formula is C18H22ClN3O4S. The van der Waals surface area contributed by atoms with Gasteiger partial charge < -0.3 is 9.84 Å². The predicted octanol–water partition coefficient (Wildman–Crippen LogP) is 2.70. The number of carbonyl (C=O) groups excluding carboxylic acids is 1. The summed E-state index contributed by atoms with van der Waals surface area (Å²) < 4.78 is 29.9. The van der Waals surface area contributed by atoms with Crippen molar-refractivity contribution in [1.82, 2.24) is 14.8 Å². The normalized spacial score (nSPS) is 16.4. The van der Waals surface area contributed by atoms with E-state index in [9.17, 15) is 13.2 Å². The van der Waals surface area contributed by atoms with E-state index in [1.54, 1.807) is 25.1 Å². The van der Waals surface area contributed by atoms with Crippen molar-refractivity contribution in [2.24, 2.45) is 5.92 Å². The molecule has 27 heavy (non-hydrogen) atoms. The van der Waals surface area contributed by atoms with Crippen LogP contribution in [-0.4, -0.2) is 49.7 Å². The summed E-state index contributed by atoms with van der Waals surface area (Å²) in [7, 11) is -3.15. The highest BCUT2D eigenvalue weighted by atomic mass is 35.5. The zero-order valence-corrected chi connectivity index (χ0v) is 16.8. The van der Waals surface area contributed by atoms with Crippen molar-refractivity contribution < 1.29 is 17.7 Å². The molecule has 0 radical (unpaired) electrons. The molecule has 7 nitrogen and oxygen atoms in total. The number of piperidine rings is 1. The summed E-state index contributed by atoms with van der Waals surface area (Å²) in [5, 5.41) is 7.43. The fraction of sp³-hybridized carbons (Fsp3) is 0.444. The molecule has 0 spiro atoms. The molecule has 0 aliphatic carbocycles. The van der Waals surface area contributed by atoms with E-state index in [0.717, 1.165) is 0 Å². The van der Waals surface area contributed by atoms with Crippen LogP contribution in [0.2, 0.25) is 5.02 Å². The van der Waals surface area contributed by atoms with Gasteiger partial charge in [-0.1, -0.05) is 35.0 Å². The first-order valence-electron chi connectivity index (χ1n) is 8.72. The van der Waals surface area contributed by atoms with Gasteiger partial charge in [-0.15, -0.1) is 0 Å². The van der Waals surface area contributed by atoms with E-state index in [0.29, 0.717) is 60.1 Å². The van der Waals surface area contributed by atoms with Crippen LogP contribution in [0.3, 0.4) is 0 Å². The van der Waals surface area contributed by atoms with Crippen LogP contribution < -0.4 is 5.32 Å². The number of benzene rings is 1. The van der Waals surface area contributed by atoms with Crippen molar-refractivity contribution in [3.05, 3.63) is 40.6 Å². The molecule has 0 unspecified atom stereocenters. The van der Waals surface area contributed by atoms with Crippen molar-refractivity contribution >= 4 is 27.5 Å². The van der Waals surface area contributed by atoms with Gasteiger partial charge in [0.25, 0.3) is 5.91 Å². The van der Waals surface area contributed by atoms with Crippen molar-refractivity contribution in [3.63, 3.8) is 0 Å². The molecule has 1 fully saturated rings. The fourth-order valence-electron chi connectivity index (χ4n) is 3.25. The zero-order chi connectivity index (χ0) is 19.6. The molecule has 146 valence electrons. The lowest BCUT2D eigenvalue weighted by Crippen LogP contribution is -2.41. The van der Waals surface area contributed by atoms with E-state index < -0.39 is 10.0 Å². The first-order chi connectivity index (χ1) is 12.8. The molecule has 3 rings (SSSR count). The van der Waals surface area contributed by atoms with Crippen molar-refractivity contribution in [2.45, 2.75) is 19.8 Å². The van der Waals surface area contributed by atoms with Gasteiger partial charge in [-0.3, -0.25) is 4.79 Å².